The predicted octanol–water partition coefficient (Wildman–Crippen LogP) is 1.12. The molecular weight excluding hydrogens is 298 g/mol. The summed E-state index contributed by atoms with van der Waals surface area (Å²) in [5.41, 5.74) is 0.128. The summed E-state index contributed by atoms with van der Waals surface area (Å²) in [5, 5.41) is 16.5. The Morgan fingerprint density at radius 3 is 2.94 bits per heavy atom. The highest BCUT2D eigenvalue weighted by molar-refractivity contribution is 9.10. The first-order valence-corrected chi connectivity index (χ1v) is 7.11. The van der Waals surface area contributed by atoms with Gasteiger partial charge in [0.2, 0.25) is 0 Å². The van der Waals surface area contributed by atoms with Gasteiger partial charge < -0.3 is 15.2 Å². The zero-order valence-corrected chi connectivity index (χ0v) is 12.2. The van der Waals surface area contributed by atoms with Crippen molar-refractivity contribution in [2.75, 3.05) is 26.4 Å². The molecule has 1 aliphatic rings. The molecule has 1 fully saturated rings. The lowest BCUT2D eigenvalue weighted by Crippen LogP contribution is -2.42. The second-order valence-corrected chi connectivity index (χ2v) is 5.63. The van der Waals surface area contributed by atoms with Crippen LogP contribution >= 0.6 is 15.9 Å². The molecule has 1 unspecified atom stereocenters. The molecule has 1 aromatic rings. The minimum atomic E-state index is 0.0841. The van der Waals surface area contributed by atoms with E-state index in [-0.39, 0.29) is 12.1 Å². The molecule has 102 valence electrons. The summed E-state index contributed by atoms with van der Waals surface area (Å²) < 4.78 is 8.31. The Hall–Kier alpha value is -0.430. The number of halogens is 1. The normalized spacial score (nSPS) is 18.8. The van der Waals surface area contributed by atoms with Gasteiger partial charge in [-0.1, -0.05) is 0 Å². The van der Waals surface area contributed by atoms with Crippen LogP contribution in [0.3, 0.4) is 0 Å². The van der Waals surface area contributed by atoms with Crippen molar-refractivity contribution in [2.45, 2.75) is 31.3 Å². The molecule has 1 heterocycles. The molecule has 1 aromatic heterocycles. The van der Waals surface area contributed by atoms with E-state index in [1.165, 1.54) is 0 Å². The highest BCUT2D eigenvalue weighted by atomic mass is 79.9. The van der Waals surface area contributed by atoms with Gasteiger partial charge in [-0.15, -0.1) is 0 Å². The summed E-state index contributed by atoms with van der Waals surface area (Å²) in [5.74, 6) is 0. The zero-order valence-electron chi connectivity index (χ0n) is 10.6. The van der Waals surface area contributed by atoms with Gasteiger partial charge in [0.05, 0.1) is 36.0 Å². The van der Waals surface area contributed by atoms with Crippen LogP contribution in [0.1, 0.15) is 19.8 Å². The molecule has 0 radical (unpaired) electrons. The maximum Gasteiger partial charge on any atom is 0.0779 e. The van der Waals surface area contributed by atoms with Crippen LogP contribution in [0.5, 0.6) is 0 Å². The van der Waals surface area contributed by atoms with E-state index in [9.17, 15) is 0 Å². The Labute approximate surface area is 116 Å². The summed E-state index contributed by atoms with van der Waals surface area (Å²) in [6.07, 6.45) is 6.18. The van der Waals surface area contributed by atoms with Crippen molar-refractivity contribution in [3.8, 4) is 0 Å². The molecule has 5 nitrogen and oxygen atoms in total. The fraction of sp³-hybridized carbons (Fsp3) is 0.750. The molecule has 0 amide bonds. The van der Waals surface area contributed by atoms with E-state index in [0.29, 0.717) is 19.3 Å². The van der Waals surface area contributed by atoms with Crippen LogP contribution in [0.25, 0.3) is 0 Å². The first-order chi connectivity index (χ1) is 8.69. The van der Waals surface area contributed by atoms with Crippen molar-refractivity contribution >= 4 is 15.9 Å². The Balaban J connectivity index is 1.80. The van der Waals surface area contributed by atoms with Gasteiger partial charge in [-0.3, -0.25) is 4.68 Å². The number of rotatable bonds is 8. The lowest BCUT2D eigenvalue weighted by atomic mass is 10.1. The Morgan fingerprint density at radius 2 is 2.39 bits per heavy atom. The number of hydrogen-bond donors (Lipinski definition) is 2. The van der Waals surface area contributed by atoms with E-state index >= 15 is 0 Å². The van der Waals surface area contributed by atoms with Crippen LogP contribution in [-0.2, 0) is 10.3 Å². The minimum absolute atomic E-state index is 0.0841. The lowest BCUT2D eigenvalue weighted by Gasteiger charge is -2.25. The Morgan fingerprint density at radius 1 is 1.61 bits per heavy atom. The van der Waals surface area contributed by atoms with Gasteiger partial charge in [-0.25, -0.2) is 0 Å². The molecular formula is C12H20BrN3O2. The number of aliphatic hydroxyl groups excluding tert-OH is 1. The van der Waals surface area contributed by atoms with Gasteiger partial charge >= 0.3 is 0 Å². The van der Waals surface area contributed by atoms with Crippen molar-refractivity contribution in [3.05, 3.63) is 16.9 Å². The van der Waals surface area contributed by atoms with Crippen LogP contribution in [0, 0.1) is 0 Å². The number of nitrogens with one attached hydrogen (secondary N) is 1. The minimum Gasteiger partial charge on any atom is -0.394 e. The van der Waals surface area contributed by atoms with Gasteiger partial charge in [-0.2, -0.15) is 5.10 Å². The lowest BCUT2D eigenvalue weighted by molar-refractivity contribution is 0.0912. The summed E-state index contributed by atoms with van der Waals surface area (Å²) in [6.45, 7) is 4.11. The van der Waals surface area contributed by atoms with Gasteiger partial charge in [0.1, 0.15) is 0 Å². The zero-order chi connectivity index (χ0) is 13.0. The van der Waals surface area contributed by atoms with Crippen molar-refractivity contribution in [1.29, 1.82) is 0 Å². The SMILES string of the molecule is CC(NCCOCCO)C1(n2cc(Br)cn2)CC1. The molecule has 2 rings (SSSR count). The average molecular weight is 318 g/mol. The van der Waals surface area contributed by atoms with E-state index in [1.807, 2.05) is 12.4 Å². The third kappa shape index (κ3) is 3.12. The van der Waals surface area contributed by atoms with Crippen LogP contribution in [-0.4, -0.2) is 47.3 Å². The molecule has 0 bridgehead atoms. The van der Waals surface area contributed by atoms with E-state index in [0.717, 1.165) is 23.9 Å². The van der Waals surface area contributed by atoms with Gasteiger partial charge in [0, 0.05) is 18.8 Å². The molecule has 1 saturated carbocycles. The molecule has 0 aliphatic heterocycles. The highest BCUT2D eigenvalue weighted by Crippen LogP contribution is 2.46. The number of hydrogen-bond acceptors (Lipinski definition) is 4. The monoisotopic (exact) mass is 317 g/mol. The fourth-order valence-corrected chi connectivity index (χ4v) is 2.52. The van der Waals surface area contributed by atoms with Crippen LogP contribution in [0.15, 0.2) is 16.9 Å². The van der Waals surface area contributed by atoms with E-state index in [2.05, 4.69) is 38.0 Å². The second kappa shape index (κ2) is 6.14. The molecule has 1 atom stereocenters. The maximum absolute atomic E-state index is 8.60. The van der Waals surface area contributed by atoms with E-state index in [1.54, 1.807) is 0 Å². The molecule has 0 spiro atoms. The highest BCUT2D eigenvalue weighted by Gasteiger charge is 2.49. The van der Waals surface area contributed by atoms with E-state index < -0.39 is 0 Å². The molecule has 0 saturated heterocycles. The van der Waals surface area contributed by atoms with Gasteiger partial charge in [-0.05, 0) is 35.7 Å². The smallest absolute Gasteiger partial charge is 0.0779 e. The summed E-state index contributed by atoms with van der Waals surface area (Å²) >= 11 is 3.44. The van der Waals surface area contributed by atoms with E-state index in [4.69, 9.17) is 9.84 Å². The standard InChI is InChI=1S/C12H20BrN3O2/c1-10(14-4-6-18-7-5-17)12(2-3-12)16-9-11(13)8-15-16/h8-10,14,17H,2-7H2,1H3. The Bertz CT molecular complexity index is 379. The quantitative estimate of drug-likeness (QED) is 0.705. The van der Waals surface area contributed by atoms with Crippen LogP contribution in [0.2, 0.25) is 0 Å². The van der Waals surface area contributed by atoms with Crippen molar-refractivity contribution in [3.63, 3.8) is 0 Å². The first-order valence-electron chi connectivity index (χ1n) is 6.32. The molecule has 1 aliphatic carbocycles. The Kier molecular flexibility index (Phi) is 4.77. The van der Waals surface area contributed by atoms with Gasteiger partial charge in [0.25, 0.3) is 0 Å². The molecule has 0 aromatic carbocycles. The van der Waals surface area contributed by atoms with Crippen molar-refractivity contribution in [2.24, 2.45) is 0 Å². The molecule has 18 heavy (non-hydrogen) atoms. The first kappa shape index (κ1) is 14.0. The molecule has 2 N–H and O–H groups in total. The third-order valence-electron chi connectivity index (χ3n) is 3.51. The van der Waals surface area contributed by atoms with Crippen LogP contribution < -0.4 is 5.32 Å². The predicted molar refractivity (Wildman–Crippen MR) is 72.5 cm³/mol. The van der Waals surface area contributed by atoms with Crippen molar-refractivity contribution in [1.82, 2.24) is 15.1 Å². The maximum atomic E-state index is 8.60. The second-order valence-electron chi connectivity index (χ2n) is 4.72. The van der Waals surface area contributed by atoms with Crippen molar-refractivity contribution < 1.29 is 9.84 Å². The van der Waals surface area contributed by atoms with Crippen LogP contribution in [0.4, 0.5) is 0 Å². The molecule has 6 heteroatoms. The number of nitrogens with zero attached hydrogens (tertiary/aromatic N) is 2. The third-order valence-corrected chi connectivity index (χ3v) is 3.92. The van der Waals surface area contributed by atoms with Gasteiger partial charge in [0.15, 0.2) is 0 Å². The number of ether oxygens (including phenoxy) is 1. The number of aliphatic hydroxyl groups is 1. The largest absolute Gasteiger partial charge is 0.394 e. The summed E-state index contributed by atoms with van der Waals surface area (Å²) in [7, 11) is 0. The topological polar surface area (TPSA) is 59.3 Å². The summed E-state index contributed by atoms with van der Waals surface area (Å²) in [4.78, 5) is 0. The summed E-state index contributed by atoms with van der Waals surface area (Å²) in [6, 6.07) is 0.363. The number of aromatic nitrogens is 2. The average Bonchev–Trinajstić information content (AvgIpc) is 3.06. The fourth-order valence-electron chi connectivity index (χ4n) is 2.24.